The summed E-state index contributed by atoms with van der Waals surface area (Å²) in [6.07, 6.45) is 0. The molecule has 0 fully saturated rings. The van der Waals surface area contributed by atoms with Crippen molar-refractivity contribution < 1.29 is 9.53 Å². The molecule has 0 spiro atoms. The van der Waals surface area contributed by atoms with E-state index in [1.807, 2.05) is 36.4 Å². The fourth-order valence-corrected chi connectivity index (χ4v) is 2.56. The third-order valence-electron chi connectivity index (χ3n) is 3.77. The van der Waals surface area contributed by atoms with Crippen LogP contribution in [0.1, 0.15) is 24.2 Å². The first-order valence-electron chi connectivity index (χ1n) is 8.14. The van der Waals surface area contributed by atoms with Crippen LogP contribution in [-0.4, -0.2) is 37.0 Å². The maximum Gasteiger partial charge on any atom is 0.255 e. The molecular formula is C19H23BrN2O2. The van der Waals surface area contributed by atoms with E-state index in [1.165, 1.54) is 0 Å². The highest BCUT2D eigenvalue weighted by atomic mass is 79.9. The van der Waals surface area contributed by atoms with Gasteiger partial charge >= 0.3 is 0 Å². The molecule has 128 valence electrons. The second kappa shape index (κ2) is 9.45. The van der Waals surface area contributed by atoms with E-state index in [9.17, 15) is 4.79 Å². The lowest BCUT2D eigenvalue weighted by atomic mass is 10.2. The quantitative estimate of drug-likeness (QED) is 0.724. The van der Waals surface area contributed by atoms with Crippen LogP contribution < -0.4 is 10.1 Å². The Morgan fingerprint density at radius 2 is 1.83 bits per heavy atom. The highest BCUT2D eigenvalue weighted by molar-refractivity contribution is 9.10. The van der Waals surface area contributed by atoms with Crippen molar-refractivity contribution in [3.05, 3.63) is 58.6 Å². The van der Waals surface area contributed by atoms with Crippen molar-refractivity contribution in [1.29, 1.82) is 0 Å². The van der Waals surface area contributed by atoms with Crippen molar-refractivity contribution in [3.8, 4) is 5.75 Å². The lowest BCUT2D eigenvalue weighted by Gasteiger charge is -2.18. The SMILES string of the molecule is CCN(CC)CCOc1cccc(NC(=O)c2ccc(Br)cc2)c1. The number of carbonyl (C=O) groups excluding carboxylic acids is 1. The van der Waals surface area contributed by atoms with Gasteiger partial charge in [0.05, 0.1) is 0 Å². The molecule has 0 aliphatic heterocycles. The number of benzene rings is 2. The zero-order valence-electron chi connectivity index (χ0n) is 14.1. The van der Waals surface area contributed by atoms with E-state index in [1.54, 1.807) is 12.1 Å². The Labute approximate surface area is 151 Å². The van der Waals surface area contributed by atoms with Gasteiger partial charge in [0.15, 0.2) is 0 Å². The van der Waals surface area contributed by atoms with Crippen LogP contribution >= 0.6 is 15.9 Å². The molecule has 2 aromatic carbocycles. The minimum absolute atomic E-state index is 0.136. The minimum atomic E-state index is -0.136. The summed E-state index contributed by atoms with van der Waals surface area (Å²) in [6, 6.07) is 14.7. The molecule has 0 aliphatic carbocycles. The van der Waals surface area contributed by atoms with E-state index in [4.69, 9.17) is 4.74 Å². The van der Waals surface area contributed by atoms with E-state index < -0.39 is 0 Å². The van der Waals surface area contributed by atoms with Gasteiger partial charge in [0.1, 0.15) is 12.4 Å². The number of rotatable bonds is 8. The van der Waals surface area contributed by atoms with Gasteiger partial charge in [-0.05, 0) is 49.5 Å². The number of nitrogens with zero attached hydrogens (tertiary/aromatic N) is 1. The highest BCUT2D eigenvalue weighted by Gasteiger charge is 2.07. The molecule has 0 radical (unpaired) electrons. The molecule has 2 rings (SSSR count). The predicted octanol–water partition coefficient (Wildman–Crippen LogP) is 4.42. The van der Waals surface area contributed by atoms with E-state index in [-0.39, 0.29) is 5.91 Å². The number of anilines is 1. The molecular weight excluding hydrogens is 368 g/mol. The fraction of sp³-hybridized carbons (Fsp3) is 0.316. The number of amides is 1. The van der Waals surface area contributed by atoms with Gasteiger partial charge in [0.25, 0.3) is 5.91 Å². The monoisotopic (exact) mass is 390 g/mol. The average molecular weight is 391 g/mol. The van der Waals surface area contributed by atoms with Crippen LogP contribution in [0.3, 0.4) is 0 Å². The lowest BCUT2D eigenvalue weighted by molar-refractivity contribution is 0.102. The van der Waals surface area contributed by atoms with Gasteiger partial charge in [-0.25, -0.2) is 0 Å². The number of hydrogen-bond donors (Lipinski definition) is 1. The van der Waals surface area contributed by atoms with Crippen molar-refractivity contribution in [2.75, 3.05) is 31.6 Å². The number of likely N-dealkylation sites (N-methyl/N-ethyl adjacent to an activating group) is 1. The van der Waals surface area contributed by atoms with Gasteiger partial charge in [-0.2, -0.15) is 0 Å². The Morgan fingerprint density at radius 3 is 2.50 bits per heavy atom. The van der Waals surface area contributed by atoms with E-state index >= 15 is 0 Å². The first kappa shape index (κ1) is 18.5. The van der Waals surface area contributed by atoms with Gasteiger partial charge in [-0.3, -0.25) is 4.79 Å². The molecule has 1 amide bonds. The average Bonchev–Trinajstić information content (AvgIpc) is 2.59. The Morgan fingerprint density at radius 1 is 1.12 bits per heavy atom. The molecule has 1 N–H and O–H groups in total. The summed E-state index contributed by atoms with van der Waals surface area (Å²) in [4.78, 5) is 14.5. The van der Waals surface area contributed by atoms with Crippen molar-refractivity contribution in [2.24, 2.45) is 0 Å². The summed E-state index contributed by atoms with van der Waals surface area (Å²) in [5.74, 6) is 0.624. The topological polar surface area (TPSA) is 41.6 Å². The molecule has 4 nitrogen and oxygen atoms in total. The molecule has 0 heterocycles. The van der Waals surface area contributed by atoms with E-state index in [2.05, 4.69) is 40.0 Å². The van der Waals surface area contributed by atoms with E-state index in [0.29, 0.717) is 12.2 Å². The lowest BCUT2D eigenvalue weighted by Crippen LogP contribution is -2.27. The third-order valence-corrected chi connectivity index (χ3v) is 4.30. The Bertz CT molecular complexity index is 655. The maximum atomic E-state index is 12.2. The summed E-state index contributed by atoms with van der Waals surface area (Å²) in [7, 11) is 0. The van der Waals surface area contributed by atoms with Crippen LogP contribution in [-0.2, 0) is 0 Å². The molecule has 5 heteroatoms. The van der Waals surface area contributed by atoms with Crippen molar-refractivity contribution in [2.45, 2.75) is 13.8 Å². The Kier molecular flexibility index (Phi) is 7.28. The molecule has 0 atom stereocenters. The molecule has 0 aromatic heterocycles. The van der Waals surface area contributed by atoms with Crippen molar-refractivity contribution in [3.63, 3.8) is 0 Å². The Hall–Kier alpha value is -1.85. The molecule has 2 aromatic rings. The fourth-order valence-electron chi connectivity index (χ4n) is 2.30. The zero-order valence-corrected chi connectivity index (χ0v) is 15.7. The molecule has 0 bridgehead atoms. The van der Waals surface area contributed by atoms with Crippen LogP contribution in [0.2, 0.25) is 0 Å². The van der Waals surface area contributed by atoms with Gasteiger partial charge in [0.2, 0.25) is 0 Å². The van der Waals surface area contributed by atoms with Crippen LogP contribution in [0.4, 0.5) is 5.69 Å². The molecule has 24 heavy (non-hydrogen) atoms. The smallest absolute Gasteiger partial charge is 0.255 e. The zero-order chi connectivity index (χ0) is 17.4. The second-order valence-electron chi connectivity index (χ2n) is 5.36. The highest BCUT2D eigenvalue weighted by Crippen LogP contribution is 2.19. The van der Waals surface area contributed by atoms with Crippen LogP contribution in [0.25, 0.3) is 0 Å². The third kappa shape index (κ3) is 5.65. The van der Waals surface area contributed by atoms with Gasteiger partial charge < -0.3 is 15.0 Å². The van der Waals surface area contributed by atoms with Gasteiger partial charge in [-0.15, -0.1) is 0 Å². The molecule has 0 saturated carbocycles. The Balaban J connectivity index is 1.92. The summed E-state index contributed by atoms with van der Waals surface area (Å²) < 4.78 is 6.73. The first-order valence-corrected chi connectivity index (χ1v) is 8.93. The number of halogens is 1. The largest absolute Gasteiger partial charge is 0.492 e. The standard InChI is InChI=1S/C19H23BrN2O2/c1-3-22(4-2)12-13-24-18-7-5-6-17(14-18)21-19(23)15-8-10-16(20)11-9-15/h5-11,14H,3-4,12-13H2,1-2H3,(H,21,23). The van der Waals surface area contributed by atoms with Crippen LogP contribution in [0.5, 0.6) is 5.75 Å². The number of hydrogen-bond acceptors (Lipinski definition) is 3. The van der Waals surface area contributed by atoms with Gasteiger partial charge in [-0.1, -0.05) is 35.8 Å². The number of carbonyl (C=O) groups is 1. The summed E-state index contributed by atoms with van der Waals surface area (Å²) in [5, 5.41) is 2.89. The van der Waals surface area contributed by atoms with E-state index in [0.717, 1.165) is 35.5 Å². The van der Waals surface area contributed by atoms with Crippen LogP contribution in [0.15, 0.2) is 53.0 Å². The molecule has 0 unspecified atom stereocenters. The van der Waals surface area contributed by atoms with Crippen LogP contribution in [0, 0.1) is 0 Å². The first-order chi connectivity index (χ1) is 11.6. The minimum Gasteiger partial charge on any atom is -0.492 e. The summed E-state index contributed by atoms with van der Waals surface area (Å²) in [5.41, 5.74) is 1.34. The van der Waals surface area contributed by atoms with Crippen molar-refractivity contribution >= 4 is 27.5 Å². The number of nitrogens with one attached hydrogen (secondary N) is 1. The molecule has 0 aliphatic rings. The van der Waals surface area contributed by atoms with Crippen molar-refractivity contribution in [1.82, 2.24) is 4.90 Å². The molecule has 0 saturated heterocycles. The van der Waals surface area contributed by atoms with Gasteiger partial charge in [0, 0.05) is 28.3 Å². The normalized spacial score (nSPS) is 10.7. The maximum absolute atomic E-state index is 12.2. The number of ether oxygens (including phenoxy) is 1. The predicted molar refractivity (Wildman–Crippen MR) is 102 cm³/mol. The summed E-state index contributed by atoms with van der Waals surface area (Å²) >= 11 is 3.36. The summed E-state index contributed by atoms with van der Waals surface area (Å²) in [6.45, 7) is 7.84. The second-order valence-corrected chi connectivity index (χ2v) is 6.28.